The summed E-state index contributed by atoms with van der Waals surface area (Å²) >= 11 is 0. The second kappa shape index (κ2) is 8.70. The molecule has 0 spiro atoms. The fourth-order valence-corrected chi connectivity index (χ4v) is 2.66. The van der Waals surface area contributed by atoms with Crippen LogP contribution >= 0.6 is 0 Å². The van der Waals surface area contributed by atoms with Crippen molar-refractivity contribution in [2.75, 3.05) is 10.6 Å². The van der Waals surface area contributed by atoms with Crippen molar-refractivity contribution >= 4 is 35.1 Å². The molecule has 150 valence electrons. The normalized spacial score (nSPS) is 10.1. The molecule has 0 saturated heterocycles. The predicted molar refractivity (Wildman–Crippen MR) is 104 cm³/mol. The van der Waals surface area contributed by atoms with Gasteiger partial charge in [-0.2, -0.15) is 0 Å². The van der Waals surface area contributed by atoms with Crippen molar-refractivity contribution in [2.45, 2.75) is 0 Å². The van der Waals surface area contributed by atoms with Gasteiger partial charge < -0.3 is 30.4 Å². The van der Waals surface area contributed by atoms with Crippen LogP contribution in [0.5, 0.6) is 0 Å². The third-order valence-corrected chi connectivity index (χ3v) is 4.17. The van der Waals surface area contributed by atoms with Crippen LogP contribution in [0.2, 0.25) is 0 Å². The van der Waals surface area contributed by atoms with Gasteiger partial charge in [0.15, 0.2) is 0 Å². The fraction of sp³-hybridized carbons (Fsp3) is 0. The van der Waals surface area contributed by atoms with Crippen molar-refractivity contribution in [3.05, 3.63) is 95.1 Å². The molecule has 0 fully saturated rings. The number of amides is 2. The predicted octanol–water partition coefficient (Wildman–Crippen LogP) is 0.918. The molecule has 0 unspecified atom stereocenters. The minimum absolute atomic E-state index is 0.0301. The average molecular weight is 402 g/mol. The molecule has 0 atom stereocenters. The van der Waals surface area contributed by atoms with Gasteiger partial charge in [0.2, 0.25) is 0 Å². The molecule has 0 heterocycles. The van der Waals surface area contributed by atoms with Crippen molar-refractivity contribution in [2.24, 2.45) is 0 Å². The van der Waals surface area contributed by atoms with Crippen LogP contribution in [0.15, 0.2) is 72.8 Å². The molecule has 30 heavy (non-hydrogen) atoms. The molecule has 0 radical (unpaired) electrons. The van der Waals surface area contributed by atoms with Crippen LogP contribution < -0.4 is 20.8 Å². The van der Waals surface area contributed by atoms with Crippen molar-refractivity contribution in [1.29, 1.82) is 0 Å². The molecule has 0 saturated carbocycles. The standard InChI is InChI=1S/C22H16N2O6/c25-19(23-15-9-5-13(6-10-15)21(27)28)17-3-1-2-4-18(17)20(26)24-16-11-7-14(8-12-16)22(29)30/h1-12H,(H,23,25)(H,24,26)(H,27,28)(H,29,30)/p-2. The Kier molecular flexibility index (Phi) is 5.88. The first-order chi connectivity index (χ1) is 14.3. The van der Waals surface area contributed by atoms with E-state index in [2.05, 4.69) is 10.6 Å². The third-order valence-electron chi connectivity index (χ3n) is 4.17. The van der Waals surface area contributed by atoms with Gasteiger partial charge in [0, 0.05) is 11.4 Å². The first kappa shape index (κ1) is 20.3. The highest BCUT2D eigenvalue weighted by molar-refractivity contribution is 6.15. The Bertz CT molecular complexity index is 1030. The summed E-state index contributed by atoms with van der Waals surface area (Å²) in [6.45, 7) is 0. The molecule has 0 aromatic heterocycles. The van der Waals surface area contributed by atoms with E-state index in [-0.39, 0.29) is 22.3 Å². The maximum absolute atomic E-state index is 12.6. The van der Waals surface area contributed by atoms with Crippen LogP contribution in [-0.2, 0) is 0 Å². The highest BCUT2D eigenvalue weighted by atomic mass is 16.4. The zero-order chi connectivity index (χ0) is 21.7. The zero-order valence-electron chi connectivity index (χ0n) is 15.4. The molecule has 8 nitrogen and oxygen atoms in total. The number of hydrogen-bond acceptors (Lipinski definition) is 6. The van der Waals surface area contributed by atoms with Gasteiger partial charge in [-0.15, -0.1) is 0 Å². The van der Waals surface area contributed by atoms with Gasteiger partial charge in [-0.25, -0.2) is 0 Å². The largest absolute Gasteiger partial charge is 0.545 e. The Balaban J connectivity index is 1.77. The second-order valence-corrected chi connectivity index (χ2v) is 6.18. The highest BCUT2D eigenvalue weighted by Gasteiger charge is 2.17. The minimum atomic E-state index is -1.33. The van der Waals surface area contributed by atoms with E-state index in [1.165, 1.54) is 60.7 Å². The molecular weight excluding hydrogens is 388 g/mol. The van der Waals surface area contributed by atoms with Crippen LogP contribution in [0.4, 0.5) is 11.4 Å². The summed E-state index contributed by atoms with van der Waals surface area (Å²) in [6.07, 6.45) is 0. The lowest BCUT2D eigenvalue weighted by atomic mass is 10.1. The van der Waals surface area contributed by atoms with E-state index < -0.39 is 23.8 Å². The molecule has 2 amide bonds. The van der Waals surface area contributed by atoms with E-state index in [1.54, 1.807) is 12.1 Å². The Labute approximate surface area is 170 Å². The van der Waals surface area contributed by atoms with Gasteiger partial charge in [-0.1, -0.05) is 36.4 Å². The fourth-order valence-electron chi connectivity index (χ4n) is 2.66. The van der Waals surface area contributed by atoms with Crippen LogP contribution in [0.25, 0.3) is 0 Å². The molecular formula is C22H14N2O6-2. The number of rotatable bonds is 6. The van der Waals surface area contributed by atoms with Crippen molar-refractivity contribution in [3.8, 4) is 0 Å². The number of benzene rings is 3. The van der Waals surface area contributed by atoms with E-state index >= 15 is 0 Å². The molecule has 0 bridgehead atoms. The molecule has 0 aliphatic carbocycles. The number of hydrogen-bond donors (Lipinski definition) is 2. The number of anilines is 2. The molecule has 2 N–H and O–H groups in total. The summed E-state index contributed by atoms with van der Waals surface area (Å²) in [4.78, 5) is 46.9. The first-order valence-electron chi connectivity index (χ1n) is 8.69. The Morgan fingerprint density at radius 3 is 1.17 bits per heavy atom. The van der Waals surface area contributed by atoms with E-state index in [4.69, 9.17) is 0 Å². The number of carbonyl (C=O) groups excluding carboxylic acids is 4. The SMILES string of the molecule is O=C([O-])c1ccc(NC(=O)c2ccccc2C(=O)Nc2ccc(C(=O)[O-])cc2)cc1. The molecule has 8 heteroatoms. The smallest absolute Gasteiger partial charge is 0.256 e. The highest BCUT2D eigenvalue weighted by Crippen LogP contribution is 2.17. The topological polar surface area (TPSA) is 138 Å². The van der Waals surface area contributed by atoms with Crippen LogP contribution in [0.1, 0.15) is 41.4 Å². The number of carboxylic acid groups (broad SMARTS) is 2. The van der Waals surface area contributed by atoms with Gasteiger partial charge >= 0.3 is 0 Å². The van der Waals surface area contributed by atoms with Crippen molar-refractivity contribution < 1.29 is 29.4 Å². The second-order valence-electron chi connectivity index (χ2n) is 6.18. The maximum atomic E-state index is 12.6. The van der Waals surface area contributed by atoms with Crippen LogP contribution in [-0.4, -0.2) is 23.8 Å². The van der Waals surface area contributed by atoms with E-state index in [0.717, 1.165) is 0 Å². The summed E-state index contributed by atoms with van der Waals surface area (Å²) in [5.74, 6) is -3.78. The van der Waals surface area contributed by atoms with Crippen molar-refractivity contribution in [3.63, 3.8) is 0 Å². The third kappa shape index (κ3) is 4.68. The Hall–Kier alpha value is -4.46. The zero-order valence-corrected chi connectivity index (χ0v) is 15.4. The molecule has 3 aromatic rings. The monoisotopic (exact) mass is 402 g/mol. The number of nitrogens with one attached hydrogen (secondary N) is 2. The lowest BCUT2D eigenvalue weighted by molar-refractivity contribution is -0.256. The number of carbonyl (C=O) groups is 4. The van der Waals surface area contributed by atoms with E-state index in [9.17, 15) is 29.4 Å². The summed E-state index contributed by atoms with van der Waals surface area (Å²) in [5, 5.41) is 26.8. The summed E-state index contributed by atoms with van der Waals surface area (Å²) in [7, 11) is 0. The van der Waals surface area contributed by atoms with Gasteiger partial charge in [0.1, 0.15) is 0 Å². The summed E-state index contributed by atoms with van der Waals surface area (Å²) < 4.78 is 0. The van der Waals surface area contributed by atoms with Crippen LogP contribution in [0.3, 0.4) is 0 Å². The molecule has 0 aliphatic rings. The maximum Gasteiger partial charge on any atom is 0.256 e. The summed E-state index contributed by atoms with van der Waals surface area (Å²) in [6, 6.07) is 16.9. The quantitative estimate of drug-likeness (QED) is 0.629. The van der Waals surface area contributed by atoms with E-state index in [0.29, 0.717) is 11.4 Å². The average Bonchev–Trinajstić information content (AvgIpc) is 2.74. The molecule has 0 aliphatic heterocycles. The lowest BCUT2D eigenvalue weighted by Gasteiger charge is -2.12. The Morgan fingerprint density at radius 1 is 0.533 bits per heavy atom. The Morgan fingerprint density at radius 2 is 0.867 bits per heavy atom. The number of carboxylic acids is 2. The number of aromatic carboxylic acids is 2. The van der Waals surface area contributed by atoms with Gasteiger partial charge in [0.05, 0.1) is 23.1 Å². The lowest BCUT2D eigenvalue weighted by Crippen LogP contribution is -2.22. The summed E-state index contributed by atoms with van der Waals surface area (Å²) in [5.41, 5.74) is 0.835. The molecule has 3 rings (SSSR count). The first-order valence-corrected chi connectivity index (χ1v) is 8.69. The van der Waals surface area contributed by atoms with Crippen molar-refractivity contribution in [1.82, 2.24) is 0 Å². The molecule has 3 aromatic carbocycles. The minimum Gasteiger partial charge on any atom is -0.545 e. The van der Waals surface area contributed by atoms with Gasteiger partial charge in [-0.05, 0) is 47.5 Å². The van der Waals surface area contributed by atoms with Gasteiger partial charge in [-0.3, -0.25) is 9.59 Å². The van der Waals surface area contributed by atoms with Crippen LogP contribution in [0, 0.1) is 0 Å². The van der Waals surface area contributed by atoms with Gasteiger partial charge in [0.25, 0.3) is 11.8 Å². The van der Waals surface area contributed by atoms with E-state index in [1.807, 2.05) is 0 Å².